The number of aromatic nitrogens is 2. The fraction of sp³-hybridized carbons (Fsp3) is 0.238. The highest BCUT2D eigenvalue weighted by Crippen LogP contribution is 2.29. The van der Waals surface area contributed by atoms with Crippen LogP contribution in [0.3, 0.4) is 0 Å². The van der Waals surface area contributed by atoms with Gasteiger partial charge in [0.05, 0.1) is 16.7 Å². The van der Waals surface area contributed by atoms with Gasteiger partial charge in [-0.25, -0.2) is 17.5 Å². The molecule has 1 aromatic heterocycles. The molecule has 0 saturated heterocycles. The lowest BCUT2D eigenvalue weighted by Crippen LogP contribution is -2.26. The molecule has 28 heavy (non-hydrogen) atoms. The highest BCUT2D eigenvalue weighted by molar-refractivity contribution is 7.90. The summed E-state index contributed by atoms with van der Waals surface area (Å²) in [4.78, 5) is 13.3. The molecular formula is C21H21FN2O3S. The van der Waals surface area contributed by atoms with E-state index in [0.29, 0.717) is 28.8 Å². The molecule has 0 N–H and O–H groups in total. The lowest BCUT2D eigenvalue weighted by molar-refractivity contribution is 0.465. The number of nitrogens with zero attached hydrogens (tertiary/aromatic N) is 2. The minimum absolute atomic E-state index is 0.195. The quantitative estimate of drug-likeness (QED) is 0.654. The molecular weight excluding hydrogens is 379 g/mol. The molecule has 5 nitrogen and oxygen atoms in total. The molecule has 0 aliphatic rings. The summed E-state index contributed by atoms with van der Waals surface area (Å²) >= 11 is 0. The van der Waals surface area contributed by atoms with E-state index in [1.807, 2.05) is 13.8 Å². The Labute approximate surface area is 163 Å². The molecule has 0 saturated carbocycles. The summed E-state index contributed by atoms with van der Waals surface area (Å²) in [6.45, 7) is 4.44. The molecule has 3 rings (SSSR count). The maximum absolute atomic E-state index is 13.4. The van der Waals surface area contributed by atoms with Gasteiger partial charge in [-0.15, -0.1) is 0 Å². The number of benzene rings is 2. The topological polar surface area (TPSA) is 69.0 Å². The molecule has 0 spiro atoms. The number of hydrogen-bond acceptors (Lipinski definition) is 4. The van der Waals surface area contributed by atoms with Gasteiger partial charge in [-0.3, -0.25) is 4.79 Å². The zero-order chi connectivity index (χ0) is 20.5. The average molecular weight is 400 g/mol. The van der Waals surface area contributed by atoms with Crippen LogP contribution in [0.2, 0.25) is 0 Å². The SMILES string of the molecule is CC(C)Cn1ncc(-c2ccc(S(C)(=O)=O)cc2)c(-c2ccc(F)cc2)c1=O. The van der Waals surface area contributed by atoms with Crippen molar-refractivity contribution in [2.75, 3.05) is 6.26 Å². The molecule has 7 heteroatoms. The number of sulfone groups is 1. The van der Waals surface area contributed by atoms with Crippen LogP contribution in [-0.4, -0.2) is 24.5 Å². The zero-order valence-corrected chi connectivity index (χ0v) is 16.7. The first kappa shape index (κ1) is 19.9. The van der Waals surface area contributed by atoms with Crippen LogP contribution in [0.4, 0.5) is 4.39 Å². The summed E-state index contributed by atoms with van der Waals surface area (Å²) in [5, 5.41) is 4.28. The third-order valence-electron chi connectivity index (χ3n) is 4.31. The predicted molar refractivity (Wildman–Crippen MR) is 107 cm³/mol. The Kier molecular flexibility index (Phi) is 5.47. The standard InChI is InChI=1S/C21H21FN2O3S/c1-14(2)13-24-21(25)20(16-4-8-17(22)9-5-16)19(12-23-24)15-6-10-18(11-7-15)28(3,26)27/h4-12,14H,13H2,1-3H3. The Morgan fingerprint density at radius 2 is 1.57 bits per heavy atom. The molecule has 0 amide bonds. The summed E-state index contributed by atoms with van der Waals surface area (Å²) in [5.74, 6) is -0.162. The van der Waals surface area contributed by atoms with Gasteiger partial charge in [0.15, 0.2) is 9.84 Å². The van der Waals surface area contributed by atoms with Crippen LogP contribution in [0, 0.1) is 11.7 Å². The van der Waals surface area contributed by atoms with Crippen LogP contribution in [0.25, 0.3) is 22.3 Å². The molecule has 0 fully saturated rings. The maximum atomic E-state index is 13.4. The Balaban J connectivity index is 2.22. The van der Waals surface area contributed by atoms with Crippen molar-refractivity contribution in [2.45, 2.75) is 25.3 Å². The van der Waals surface area contributed by atoms with E-state index in [9.17, 15) is 17.6 Å². The van der Waals surface area contributed by atoms with Crippen LogP contribution in [0.5, 0.6) is 0 Å². The fourth-order valence-electron chi connectivity index (χ4n) is 2.96. The van der Waals surface area contributed by atoms with Crippen molar-refractivity contribution in [2.24, 2.45) is 5.92 Å². The van der Waals surface area contributed by atoms with Gasteiger partial charge in [0.2, 0.25) is 0 Å². The maximum Gasteiger partial charge on any atom is 0.275 e. The first-order valence-electron chi connectivity index (χ1n) is 8.83. The van der Waals surface area contributed by atoms with Crippen molar-refractivity contribution < 1.29 is 12.8 Å². The van der Waals surface area contributed by atoms with Gasteiger partial charge >= 0.3 is 0 Å². The first-order chi connectivity index (χ1) is 13.2. The molecule has 1 heterocycles. The van der Waals surface area contributed by atoms with E-state index in [1.54, 1.807) is 30.5 Å². The molecule has 0 unspecified atom stereocenters. The summed E-state index contributed by atoms with van der Waals surface area (Å²) < 4.78 is 38.2. The first-order valence-corrected chi connectivity index (χ1v) is 10.7. The third-order valence-corrected chi connectivity index (χ3v) is 5.44. The highest BCUT2D eigenvalue weighted by atomic mass is 32.2. The number of hydrogen-bond donors (Lipinski definition) is 0. The average Bonchev–Trinajstić information content (AvgIpc) is 2.63. The smallest absolute Gasteiger partial charge is 0.267 e. The van der Waals surface area contributed by atoms with E-state index in [2.05, 4.69) is 5.10 Å². The van der Waals surface area contributed by atoms with Crippen LogP contribution in [0.1, 0.15) is 13.8 Å². The van der Waals surface area contributed by atoms with Gasteiger partial charge in [-0.1, -0.05) is 38.1 Å². The summed E-state index contributed by atoms with van der Waals surface area (Å²) in [5.41, 5.74) is 1.94. The van der Waals surface area contributed by atoms with Gasteiger partial charge < -0.3 is 0 Å². The minimum atomic E-state index is -3.32. The normalized spacial score (nSPS) is 11.8. The Morgan fingerprint density at radius 1 is 1.00 bits per heavy atom. The molecule has 146 valence electrons. The molecule has 0 radical (unpaired) electrons. The molecule has 0 aliphatic carbocycles. The van der Waals surface area contributed by atoms with Crippen molar-refractivity contribution >= 4 is 9.84 Å². The Hall–Kier alpha value is -2.80. The summed E-state index contributed by atoms with van der Waals surface area (Å²) in [7, 11) is -3.32. The monoisotopic (exact) mass is 400 g/mol. The molecule has 0 aliphatic heterocycles. The van der Waals surface area contributed by atoms with Gasteiger partial charge in [-0.2, -0.15) is 5.10 Å². The van der Waals surface area contributed by atoms with Crippen molar-refractivity contribution in [3.8, 4) is 22.3 Å². The third kappa shape index (κ3) is 4.20. The van der Waals surface area contributed by atoms with Crippen molar-refractivity contribution in [3.63, 3.8) is 0 Å². The van der Waals surface area contributed by atoms with E-state index in [0.717, 1.165) is 6.26 Å². The lowest BCUT2D eigenvalue weighted by Gasteiger charge is -2.14. The van der Waals surface area contributed by atoms with Crippen molar-refractivity contribution in [1.82, 2.24) is 9.78 Å². The second kappa shape index (κ2) is 7.67. The molecule has 0 atom stereocenters. The minimum Gasteiger partial charge on any atom is -0.267 e. The van der Waals surface area contributed by atoms with E-state index in [-0.39, 0.29) is 22.2 Å². The van der Waals surface area contributed by atoms with Crippen molar-refractivity contribution in [1.29, 1.82) is 0 Å². The number of rotatable bonds is 5. The van der Waals surface area contributed by atoms with Gasteiger partial charge in [0, 0.05) is 18.4 Å². The van der Waals surface area contributed by atoms with E-state index >= 15 is 0 Å². The Morgan fingerprint density at radius 3 is 2.11 bits per heavy atom. The molecule has 0 bridgehead atoms. The molecule has 2 aromatic carbocycles. The Bertz CT molecular complexity index is 1150. The van der Waals surface area contributed by atoms with Crippen LogP contribution in [-0.2, 0) is 16.4 Å². The lowest BCUT2D eigenvalue weighted by atomic mass is 9.97. The van der Waals surface area contributed by atoms with Crippen LogP contribution < -0.4 is 5.56 Å². The van der Waals surface area contributed by atoms with E-state index in [1.165, 1.54) is 28.9 Å². The second-order valence-corrected chi connectivity index (χ2v) is 9.13. The summed E-state index contributed by atoms with van der Waals surface area (Å²) in [6.07, 6.45) is 2.73. The highest BCUT2D eigenvalue weighted by Gasteiger charge is 2.17. The largest absolute Gasteiger partial charge is 0.275 e. The predicted octanol–water partition coefficient (Wildman–Crippen LogP) is 3.78. The second-order valence-electron chi connectivity index (χ2n) is 7.12. The molecule has 3 aromatic rings. The van der Waals surface area contributed by atoms with Gasteiger partial charge in [0.1, 0.15) is 5.82 Å². The zero-order valence-electron chi connectivity index (χ0n) is 15.9. The fourth-order valence-corrected chi connectivity index (χ4v) is 3.59. The number of halogens is 1. The van der Waals surface area contributed by atoms with Crippen LogP contribution in [0.15, 0.2) is 64.4 Å². The van der Waals surface area contributed by atoms with Gasteiger partial charge in [0.25, 0.3) is 5.56 Å². The van der Waals surface area contributed by atoms with Gasteiger partial charge in [-0.05, 0) is 41.3 Å². The summed E-state index contributed by atoms with van der Waals surface area (Å²) in [6, 6.07) is 12.0. The van der Waals surface area contributed by atoms with Crippen molar-refractivity contribution in [3.05, 3.63) is 70.9 Å². The van der Waals surface area contributed by atoms with E-state index < -0.39 is 9.84 Å². The van der Waals surface area contributed by atoms with Crippen LogP contribution >= 0.6 is 0 Å². The van der Waals surface area contributed by atoms with E-state index in [4.69, 9.17) is 0 Å².